The third-order valence-electron chi connectivity index (χ3n) is 0.771. The van der Waals surface area contributed by atoms with Crippen LogP contribution in [-0.4, -0.2) is 53.7 Å². The van der Waals surface area contributed by atoms with Crippen molar-refractivity contribution in [2.45, 2.75) is 0 Å². The molecule has 0 aromatic heterocycles. The Balaban J connectivity index is 0. The van der Waals surface area contributed by atoms with Gasteiger partial charge in [0.1, 0.15) is 6.54 Å². The van der Waals surface area contributed by atoms with Crippen LogP contribution in [0.1, 0.15) is 0 Å². The summed E-state index contributed by atoms with van der Waals surface area (Å²) in [5.74, 6) is 0. The number of likely N-dealkylation sites (N-methyl/N-ethyl adjacent to an activating group) is 1. The lowest BCUT2D eigenvalue weighted by Gasteiger charge is -2.21. The van der Waals surface area contributed by atoms with E-state index in [2.05, 4.69) is 21.1 Å². The highest BCUT2D eigenvalue weighted by Crippen LogP contribution is 2.03. The highest BCUT2D eigenvalue weighted by atomic mass is 31.2. The third kappa shape index (κ3) is 38.7. The molecule has 0 aliphatic rings. The normalized spacial score (nSPS) is 10.9. The van der Waals surface area contributed by atoms with E-state index in [1.807, 2.05) is 0 Å². The van der Waals surface area contributed by atoms with Gasteiger partial charge in [-0.2, -0.15) is 0 Å². The molecule has 11 heavy (non-hydrogen) atoms. The van der Waals surface area contributed by atoms with Crippen molar-refractivity contribution in [1.82, 2.24) is 0 Å². The summed E-state index contributed by atoms with van der Waals surface area (Å²) in [6.45, 7) is 1.11. The standard InChI is InChI=1S/C5H14NO.H2O3P/c1-6(2,3)4-5-7;1-4(2)3/h7H,4-5H2,1-3H3;1-2H/q+1;-1. The van der Waals surface area contributed by atoms with Crippen molar-refractivity contribution in [3.8, 4) is 0 Å². The van der Waals surface area contributed by atoms with Crippen LogP contribution in [0.25, 0.3) is 0 Å². The zero-order valence-corrected chi connectivity index (χ0v) is 7.95. The molecule has 6 heteroatoms. The summed E-state index contributed by atoms with van der Waals surface area (Å²) in [5, 5.41) is 8.39. The lowest BCUT2D eigenvalue weighted by molar-refractivity contribution is -0.870. The molecule has 0 aromatic rings. The van der Waals surface area contributed by atoms with E-state index in [0.29, 0.717) is 0 Å². The number of rotatable bonds is 2. The summed E-state index contributed by atoms with van der Waals surface area (Å²) in [6.07, 6.45) is 0. The van der Waals surface area contributed by atoms with Crippen LogP contribution < -0.4 is 4.89 Å². The molecule has 0 radical (unpaired) electrons. The minimum atomic E-state index is -2.87. The number of hydrogen-bond donors (Lipinski definition) is 3. The van der Waals surface area contributed by atoms with Gasteiger partial charge in [0, 0.05) is 0 Å². The first-order valence-electron chi connectivity index (χ1n) is 3.06. The molecule has 5 nitrogen and oxygen atoms in total. The summed E-state index contributed by atoms with van der Waals surface area (Å²) in [4.78, 5) is 22.9. The van der Waals surface area contributed by atoms with E-state index in [0.717, 1.165) is 11.0 Å². The van der Waals surface area contributed by atoms with Crippen molar-refractivity contribution in [3.63, 3.8) is 0 Å². The Kier molecular flexibility index (Phi) is 8.67. The maximum atomic E-state index is 8.70. The van der Waals surface area contributed by atoms with Gasteiger partial charge in [0.05, 0.1) is 36.4 Å². The molecule has 70 valence electrons. The maximum absolute atomic E-state index is 8.70. The van der Waals surface area contributed by atoms with Gasteiger partial charge in [-0.15, -0.1) is 0 Å². The van der Waals surface area contributed by atoms with Crippen LogP contribution in [0, 0.1) is 0 Å². The highest BCUT2D eigenvalue weighted by Gasteiger charge is 2.02. The van der Waals surface area contributed by atoms with Crippen molar-refractivity contribution >= 4 is 8.60 Å². The summed E-state index contributed by atoms with van der Waals surface area (Å²) in [5.41, 5.74) is 0. The summed E-state index contributed by atoms with van der Waals surface area (Å²) in [6, 6.07) is 0. The van der Waals surface area contributed by atoms with Gasteiger partial charge in [0.25, 0.3) is 0 Å². The Morgan fingerprint density at radius 2 is 1.55 bits per heavy atom. The van der Waals surface area contributed by atoms with Crippen molar-refractivity contribution in [2.75, 3.05) is 34.3 Å². The Labute approximate surface area is 68.1 Å². The molecule has 0 heterocycles. The fourth-order valence-corrected chi connectivity index (χ4v) is 0.300. The quantitative estimate of drug-likeness (QED) is 0.351. The highest BCUT2D eigenvalue weighted by molar-refractivity contribution is 7.36. The molecule has 3 N–H and O–H groups in total. The monoisotopic (exact) mass is 185 g/mol. The zero-order chi connectivity index (χ0) is 9.49. The molecule has 0 aliphatic heterocycles. The Hall–Kier alpha value is 0.230. The molecule has 0 saturated carbocycles. The van der Waals surface area contributed by atoms with Crippen LogP contribution in [0.15, 0.2) is 0 Å². The van der Waals surface area contributed by atoms with Gasteiger partial charge in [-0.3, -0.25) is 0 Å². The van der Waals surface area contributed by atoms with Crippen molar-refractivity contribution in [3.05, 3.63) is 0 Å². The average molecular weight is 185 g/mol. The number of aliphatic hydroxyl groups is 1. The van der Waals surface area contributed by atoms with E-state index in [-0.39, 0.29) is 6.61 Å². The van der Waals surface area contributed by atoms with Gasteiger partial charge in [-0.25, -0.2) is 0 Å². The molecule has 0 aromatic carbocycles. The fourth-order valence-electron chi connectivity index (χ4n) is 0.300. The molecule has 0 amide bonds. The fraction of sp³-hybridized carbons (Fsp3) is 1.00. The predicted octanol–water partition coefficient (Wildman–Crippen LogP) is -1.76. The van der Waals surface area contributed by atoms with Crippen LogP contribution in [0.3, 0.4) is 0 Å². The first kappa shape index (κ1) is 13.8. The van der Waals surface area contributed by atoms with Crippen LogP contribution in [0.5, 0.6) is 0 Å². The molecule has 0 unspecified atom stereocenters. The average Bonchev–Trinajstić information content (AvgIpc) is 1.58. The van der Waals surface area contributed by atoms with Crippen LogP contribution in [-0.2, 0) is 0 Å². The van der Waals surface area contributed by atoms with Crippen LogP contribution in [0.4, 0.5) is 0 Å². The van der Waals surface area contributed by atoms with Crippen molar-refractivity contribution in [2.24, 2.45) is 0 Å². The maximum Gasteiger partial charge on any atom is 0.101 e. The Morgan fingerprint density at radius 1 is 1.27 bits per heavy atom. The molecular weight excluding hydrogens is 169 g/mol. The first-order chi connectivity index (χ1) is 4.79. The van der Waals surface area contributed by atoms with E-state index in [9.17, 15) is 0 Å². The number of nitrogens with zero attached hydrogens (tertiary/aromatic N) is 1. The Morgan fingerprint density at radius 3 is 1.55 bits per heavy atom. The van der Waals surface area contributed by atoms with E-state index >= 15 is 0 Å². The SMILES string of the molecule is C[N+](C)(C)CCO.[O-]P(O)O. The smallest absolute Gasteiger partial charge is 0.101 e. The second-order valence-corrected chi connectivity index (χ2v) is 3.50. The van der Waals surface area contributed by atoms with E-state index in [4.69, 9.17) is 19.8 Å². The summed E-state index contributed by atoms with van der Waals surface area (Å²) >= 11 is 0. The first-order valence-corrected chi connectivity index (χ1v) is 4.22. The van der Waals surface area contributed by atoms with Gasteiger partial charge < -0.3 is 24.3 Å². The molecular formula is C5H16NO4P. The number of aliphatic hydroxyl groups excluding tert-OH is 1. The van der Waals surface area contributed by atoms with E-state index < -0.39 is 8.60 Å². The van der Waals surface area contributed by atoms with Gasteiger partial charge in [0.15, 0.2) is 0 Å². The van der Waals surface area contributed by atoms with Gasteiger partial charge in [-0.05, 0) is 0 Å². The summed E-state index contributed by atoms with van der Waals surface area (Å²) in [7, 11) is 3.29. The van der Waals surface area contributed by atoms with Gasteiger partial charge in [-0.1, -0.05) is 0 Å². The van der Waals surface area contributed by atoms with Crippen molar-refractivity contribution in [1.29, 1.82) is 0 Å². The molecule has 0 saturated heterocycles. The zero-order valence-electron chi connectivity index (χ0n) is 7.06. The third-order valence-corrected chi connectivity index (χ3v) is 0.771. The van der Waals surface area contributed by atoms with Crippen LogP contribution >= 0.6 is 8.60 Å². The number of quaternary nitrogens is 1. The van der Waals surface area contributed by atoms with Gasteiger partial charge in [0.2, 0.25) is 0 Å². The summed E-state index contributed by atoms with van der Waals surface area (Å²) < 4.78 is 0.844. The molecule has 0 spiro atoms. The molecule has 0 aliphatic carbocycles. The topological polar surface area (TPSA) is 83.8 Å². The molecule has 0 fully saturated rings. The second-order valence-electron chi connectivity index (χ2n) is 2.99. The van der Waals surface area contributed by atoms with Crippen molar-refractivity contribution < 1.29 is 24.3 Å². The molecule has 0 bridgehead atoms. The number of hydrogen-bond acceptors (Lipinski definition) is 4. The minimum absolute atomic E-state index is 0.281. The molecule has 0 atom stereocenters. The van der Waals surface area contributed by atoms with Crippen LogP contribution in [0.2, 0.25) is 0 Å². The largest absolute Gasteiger partial charge is 0.786 e. The predicted molar refractivity (Wildman–Crippen MR) is 41.3 cm³/mol. The molecule has 0 rings (SSSR count). The van der Waals surface area contributed by atoms with E-state index in [1.165, 1.54) is 0 Å². The lowest BCUT2D eigenvalue weighted by atomic mass is 10.5. The minimum Gasteiger partial charge on any atom is -0.786 e. The second kappa shape index (κ2) is 6.91. The van der Waals surface area contributed by atoms with Gasteiger partial charge >= 0.3 is 0 Å². The van der Waals surface area contributed by atoms with E-state index in [1.54, 1.807) is 0 Å². The lowest BCUT2D eigenvalue weighted by Crippen LogP contribution is -2.36. The Bertz CT molecular complexity index is 80.3.